The predicted molar refractivity (Wildman–Crippen MR) is 112 cm³/mol. The molecule has 1 fully saturated rings. The number of nitrogens with one attached hydrogen (secondary N) is 1. The van der Waals surface area contributed by atoms with Gasteiger partial charge in [0.25, 0.3) is 0 Å². The van der Waals surface area contributed by atoms with E-state index in [1.54, 1.807) is 12.4 Å². The number of hydrogen-bond acceptors (Lipinski definition) is 6. The van der Waals surface area contributed by atoms with Crippen LogP contribution >= 0.6 is 11.8 Å². The normalized spacial score (nSPS) is 20.1. The number of rotatable bonds is 7. The Hall–Kier alpha value is -2.09. The summed E-state index contributed by atoms with van der Waals surface area (Å²) >= 11 is 1.30. The van der Waals surface area contributed by atoms with Gasteiger partial charge in [-0.05, 0) is 49.1 Å². The molecule has 152 valence electrons. The SMILES string of the molecule is CCC(C)(C)C1CCC(NC(=O)CSc2nnc(-c3cccnc3)n2N)CC1. The van der Waals surface area contributed by atoms with Gasteiger partial charge in [-0.15, -0.1) is 10.2 Å². The zero-order valence-electron chi connectivity index (χ0n) is 16.9. The number of pyridine rings is 1. The minimum Gasteiger partial charge on any atom is -0.353 e. The van der Waals surface area contributed by atoms with Crippen LogP contribution in [0.25, 0.3) is 11.4 Å². The molecule has 0 aliphatic heterocycles. The zero-order valence-corrected chi connectivity index (χ0v) is 17.7. The number of hydrogen-bond donors (Lipinski definition) is 2. The molecule has 2 aromatic heterocycles. The van der Waals surface area contributed by atoms with E-state index in [9.17, 15) is 4.79 Å². The van der Waals surface area contributed by atoms with Gasteiger partial charge in [0.1, 0.15) is 0 Å². The lowest BCUT2D eigenvalue weighted by molar-refractivity contribution is -0.119. The maximum absolute atomic E-state index is 12.4. The molecule has 1 aliphatic rings. The van der Waals surface area contributed by atoms with Crippen LogP contribution in [0.2, 0.25) is 0 Å². The topological polar surface area (TPSA) is 98.7 Å². The molecule has 0 saturated heterocycles. The molecule has 3 N–H and O–H groups in total. The van der Waals surface area contributed by atoms with Gasteiger partial charge in [0.05, 0.1) is 5.75 Å². The van der Waals surface area contributed by atoms with Crippen molar-refractivity contribution in [3.8, 4) is 11.4 Å². The van der Waals surface area contributed by atoms with Crippen LogP contribution in [0, 0.1) is 11.3 Å². The molecule has 8 heteroatoms. The van der Waals surface area contributed by atoms with Crippen molar-refractivity contribution in [2.75, 3.05) is 11.6 Å². The summed E-state index contributed by atoms with van der Waals surface area (Å²) in [4.78, 5) is 16.4. The largest absolute Gasteiger partial charge is 0.353 e. The van der Waals surface area contributed by atoms with Gasteiger partial charge in [-0.2, -0.15) is 0 Å². The van der Waals surface area contributed by atoms with Crippen molar-refractivity contribution >= 4 is 17.7 Å². The molecule has 0 atom stereocenters. The average molecular weight is 403 g/mol. The van der Waals surface area contributed by atoms with Crippen LogP contribution in [-0.2, 0) is 4.79 Å². The van der Waals surface area contributed by atoms with Gasteiger partial charge < -0.3 is 11.2 Å². The smallest absolute Gasteiger partial charge is 0.230 e. The Kier molecular flexibility index (Phi) is 6.59. The standard InChI is InChI=1S/C20H30N6OS/c1-4-20(2,3)15-7-9-16(10-8-15)23-17(27)13-28-19-25-24-18(26(19)21)14-6-5-11-22-12-14/h5-6,11-12,15-16H,4,7-10,13,21H2,1-3H3,(H,23,27). The summed E-state index contributed by atoms with van der Waals surface area (Å²) in [6, 6.07) is 3.97. The summed E-state index contributed by atoms with van der Waals surface area (Å²) in [5.41, 5.74) is 1.18. The van der Waals surface area contributed by atoms with Gasteiger partial charge in [-0.25, -0.2) is 4.68 Å². The number of carbonyl (C=O) groups excluding carboxylic acids is 1. The Labute approximate surface area is 170 Å². The molecular formula is C20H30N6OS. The summed E-state index contributed by atoms with van der Waals surface area (Å²) < 4.78 is 1.41. The molecule has 2 aromatic rings. The van der Waals surface area contributed by atoms with E-state index in [0.717, 1.165) is 24.3 Å². The molecule has 0 bridgehead atoms. The van der Waals surface area contributed by atoms with Crippen LogP contribution in [0.4, 0.5) is 0 Å². The van der Waals surface area contributed by atoms with Gasteiger partial charge in [-0.3, -0.25) is 9.78 Å². The van der Waals surface area contributed by atoms with Gasteiger partial charge in [-0.1, -0.05) is 39.0 Å². The number of nitrogens with two attached hydrogens (primary N) is 1. The summed E-state index contributed by atoms with van der Waals surface area (Å²) in [5, 5.41) is 11.9. The van der Waals surface area contributed by atoms with E-state index in [-0.39, 0.29) is 17.7 Å². The summed E-state index contributed by atoms with van der Waals surface area (Å²) in [6.45, 7) is 6.98. The van der Waals surface area contributed by atoms with E-state index in [2.05, 4.69) is 41.3 Å². The molecule has 28 heavy (non-hydrogen) atoms. The van der Waals surface area contributed by atoms with Crippen molar-refractivity contribution in [3.05, 3.63) is 24.5 Å². The minimum absolute atomic E-state index is 0.0223. The molecule has 2 heterocycles. The van der Waals surface area contributed by atoms with Crippen molar-refractivity contribution < 1.29 is 4.79 Å². The highest BCUT2D eigenvalue weighted by Crippen LogP contribution is 2.40. The maximum Gasteiger partial charge on any atom is 0.230 e. The molecule has 0 unspecified atom stereocenters. The highest BCUT2D eigenvalue weighted by molar-refractivity contribution is 7.99. The van der Waals surface area contributed by atoms with Crippen molar-refractivity contribution in [2.45, 2.75) is 64.1 Å². The Balaban J connectivity index is 1.48. The first kappa shape index (κ1) is 20.6. The third kappa shape index (κ3) is 4.84. The number of nitrogens with zero attached hydrogens (tertiary/aromatic N) is 4. The van der Waals surface area contributed by atoms with Crippen molar-refractivity contribution in [2.24, 2.45) is 11.3 Å². The van der Waals surface area contributed by atoms with Crippen LogP contribution < -0.4 is 11.2 Å². The second-order valence-electron chi connectivity index (χ2n) is 8.16. The molecule has 0 spiro atoms. The highest BCUT2D eigenvalue weighted by Gasteiger charge is 2.32. The van der Waals surface area contributed by atoms with Gasteiger partial charge in [0.2, 0.25) is 11.1 Å². The van der Waals surface area contributed by atoms with Crippen LogP contribution in [0.1, 0.15) is 52.9 Å². The first-order valence-electron chi connectivity index (χ1n) is 9.93. The van der Waals surface area contributed by atoms with E-state index in [1.165, 1.54) is 35.7 Å². The van der Waals surface area contributed by atoms with Gasteiger partial charge in [0, 0.05) is 24.0 Å². The molecule has 1 amide bonds. The van der Waals surface area contributed by atoms with Crippen LogP contribution in [-0.4, -0.2) is 37.6 Å². The first-order valence-corrected chi connectivity index (χ1v) is 10.9. The highest BCUT2D eigenvalue weighted by atomic mass is 32.2. The van der Waals surface area contributed by atoms with E-state index in [1.807, 2.05) is 12.1 Å². The minimum atomic E-state index is 0.0223. The molecule has 0 radical (unpaired) electrons. The van der Waals surface area contributed by atoms with E-state index >= 15 is 0 Å². The van der Waals surface area contributed by atoms with Crippen LogP contribution in [0.5, 0.6) is 0 Å². The third-order valence-electron chi connectivity index (χ3n) is 6.03. The molecular weight excluding hydrogens is 372 g/mol. The lowest BCUT2D eigenvalue weighted by atomic mass is 9.69. The Morgan fingerprint density at radius 1 is 1.32 bits per heavy atom. The lowest BCUT2D eigenvalue weighted by Crippen LogP contribution is -2.40. The van der Waals surface area contributed by atoms with Crippen molar-refractivity contribution in [1.82, 2.24) is 25.2 Å². The van der Waals surface area contributed by atoms with Gasteiger partial charge in [0.15, 0.2) is 5.82 Å². The Bertz CT molecular complexity index is 783. The van der Waals surface area contributed by atoms with E-state index in [4.69, 9.17) is 5.84 Å². The fourth-order valence-electron chi connectivity index (χ4n) is 3.77. The van der Waals surface area contributed by atoms with Crippen molar-refractivity contribution in [3.63, 3.8) is 0 Å². The van der Waals surface area contributed by atoms with Crippen molar-refractivity contribution in [1.29, 1.82) is 0 Å². The monoisotopic (exact) mass is 402 g/mol. The van der Waals surface area contributed by atoms with Crippen LogP contribution in [0.3, 0.4) is 0 Å². The summed E-state index contributed by atoms with van der Waals surface area (Å²) in [6.07, 6.45) is 9.06. The predicted octanol–water partition coefficient (Wildman–Crippen LogP) is 3.26. The number of amides is 1. The first-order chi connectivity index (χ1) is 13.4. The second-order valence-corrected chi connectivity index (χ2v) is 9.11. The number of nitrogen functional groups attached to an aromatic ring is 1. The molecule has 0 aromatic carbocycles. The summed E-state index contributed by atoms with van der Waals surface area (Å²) in [7, 11) is 0. The molecule has 3 rings (SSSR count). The number of carbonyl (C=O) groups is 1. The third-order valence-corrected chi connectivity index (χ3v) is 6.97. The molecule has 1 aliphatic carbocycles. The van der Waals surface area contributed by atoms with E-state index in [0.29, 0.717) is 16.4 Å². The summed E-state index contributed by atoms with van der Waals surface area (Å²) in [5.74, 6) is 7.68. The maximum atomic E-state index is 12.4. The number of thioether (sulfide) groups is 1. The lowest BCUT2D eigenvalue weighted by Gasteiger charge is -2.39. The Morgan fingerprint density at radius 3 is 2.71 bits per heavy atom. The van der Waals surface area contributed by atoms with Gasteiger partial charge >= 0.3 is 0 Å². The second kappa shape index (κ2) is 8.94. The van der Waals surface area contributed by atoms with Crippen LogP contribution in [0.15, 0.2) is 29.7 Å². The quantitative estimate of drug-likeness (QED) is 0.545. The van der Waals surface area contributed by atoms with E-state index < -0.39 is 0 Å². The fourth-order valence-corrected chi connectivity index (χ4v) is 4.44. The zero-order chi connectivity index (χ0) is 20.1. The molecule has 7 nitrogen and oxygen atoms in total. The fraction of sp³-hybridized carbons (Fsp3) is 0.600. The number of aromatic nitrogens is 4. The average Bonchev–Trinajstić information content (AvgIpc) is 3.08. The Morgan fingerprint density at radius 2 is 2.07 bits per heavy atom. The molecule has 1 saturated carbocycles.